The zero-order valence-electron chi connectivity index (χ0n) is 6.69. The molecule has 1 aromatic carbocycles. The molecule has 0 amide bonds. The first kappa shape index (κ1) is 7.79. The molecule has 0 unspecified atom stereocenters. The van der Waals surface area contributed by atoms with Crippen molar-refractivity contribution in [2.75, 3.05) is 0 Å². The number of aromatic hydroxyl groups is 1. The summed E-state index contributed by atoms with van der Waals surface area (Å²) < 4.78 is 0. The van der Waals surface area contributed by atoms with Gasteiger partial charge in [0.2, 0.25) is 0 Å². The summed E-state index contributed by atoms with van der Waals surface area (Å²) in [5.74, 6) is -0.865. The second kappa shape index (κ2) is 2.58. The lowest BCUT2D eigenvalue weighted by atomic mass is 10.1. The van der Waals surface area contributed by atoms with Gasteiger partial charge < -0.3 is 10.2 Å². The maximum Gasteiger partial charge on any atom is 0.350 e. The quantitative estimate of drug-likeness (QED) is 0.674. The Labute approximate surface area is 74.2 Å². The van der Waals surface area contributed by atoms with Gasteiger partial charge in [-0.25, -0.2) is 9.79 Å². The fourth-order valence-electron chi connectivity index (χ4n) is 1.31. The molecule has 0 fully saturated rings. The van der Waals surface area contributed by atoms with Crippen molar-refractivity contribution in [3.8, 4) is 5.75 Å². The molecule has 13 heavy (non-hydrogen) atoms. The Hall–Kier alpha value is -1.84. The highest BCUT2D eigenvalue weighted by Crippen LogP contribution is 2.29. The van der Waals surface area contributed by atoms with Crippen molar-refractivity contribution < 1.29 is 15.0 Å². The lowest BCUT2D eigenvalue weighted by molar-refractivity contribution is -0.129. The molecular weight excluding hydrogens is 170 g/mol. The Balaban J connectivity index is 2.41. The molecule has 1 aliphatic rings. The summed E-state index contributed by atoms with van der Waals surface area (Å²) in [6, 6.07) is 4.64. The second-order valence-corrected chi connectivity index (χ2v) is 2.85. The standard InChI is InChI=1S/C9H7NO3/c11-6-1-2-7-5(3-6)4-8(10-7)9(12)13/h1-3,11H,4H2,(H,12,13). The van der Waals surface area contributed by atoms with E-state index in [9.17, 15) is 4.79 Å². The SMILES string of the molecule is O=C(O)C1=Nc2ccc(O)cc2C1. The van der Waals surface area contributed by atoms with Crippen molar-refractivity contribution in [1.29, 1.82) is 0 Å². The van der Waals surface area contributed by atoms with E-state index in [1.807, 2.05) is 0 Å². The van der Waals surface area contributed by atoms with Crippen molar-refractivity contribution in [2.24, 2.45) is 4.99 Å². The van der Waals surface area contributed by atoms with Gasteiger partial charge in [-0.3, -0.25) is 0 Å². The Kier molecular flexibility index (Phi) is 1.55. The van der Waals surface area contributed by atoms with E-state index in [-0.39, 0.29) is 11.5 Å². The van der Waals surface area contributed by atoms with Crippen molar-refractivity contribution in [3.05, 3.63) is 23.8 Å². The van der Waals surface area contributed by atoms with Crippen LogP contribution in [0.4, 0.5) is 5.69 Å². The summed E-state index contributed by atoms with van der Waals surface area (Å²) in [6.45, 7) is 0. The average molecular weight is 177 g/mol. The number of fused-ring (bicyclic) bond motifs is 1. The van der Waals surface area contributed by atoms with Gasteiger partial charge in [-0.1, -0.05) is 0 Å². The summed E-state index contributed by atoms with van der Waals surface area (Å²) in [5.41, 5.74) is 1.52. The summed E-state index contributed by atoms with van der Waals surface area (Å²) in [4.78, 5) is 14.5. The molecule has 0 bridgehead atoms. The number of aliphatic carboxylic acids is 1. The van der Waals surface area contributed by atoms with Gasteiger partial charge in [-0.05, 0) is 23.8 Å². The number of hydrogen-bond donors (Lipinski definition) is 2. The summed E-state index contributed by atoms with van der Waals surface area (Å²) in [6.07, 6.45) is 0.291. The van der Waals surface area contributed by atoms with E-state index >= 15 is 0 Å². The Morgan fingerprint density at radius 3 is 2.92 bits per heavy atom. The monoisotopic (exact) mass is 177 g/mol. The van der Waals surface area contributed by atoms with E-state index < -0.39 is 5.97 Å². The fraction of sp³-hybridized carbons (Fsp3) is 0.111. The van der Waals surface area contributed by atoms with Crippen LogP contribution in [0.2, 0.25) is 0 Å². The molecule has 0 aliphatic carbocycles. The molecule has 4 nitrogen and oxygen atoms in total. The lowest BCUT2D eigenvalue weighted by Crippen LogP contribution is -2.11. The van der Waals surface area contributed by atoms with Crippen LogP contribution >= 0.6 is 0 Å². The minimum absolute atomic E-state index is 0.126. The van der Waals surface area contributed by atoms with Gasteiger partial charge in [-0.15, -0.1) is 0 Å². The normalized spacial score (nSPS) is 13.7. The van der Waals surface area contributed by atoms with E-state index in [0.717, 1.165) is 5.56 Å². The molecule has 66 valence electrons. The molecule has 2 N–H and O–H groups in total. The molecule has 0 spiro atoms. The number of phenolic OH excluding ortho intramolecular Hbond substituents is 1. The number of nitrogens with zero attached hydrogens (tertiary/aromatic N) is 1. The van der Waals surface area contributed by atoms with Gasteiger partial charge in [0.15, 0.2) is 0 Å². The van der Waals surface area contributed by atoms with Crippen LogP contribution in [0.15, 0.2) is 23.2 Å². The molecule has 0 saturated carbocycles. The highest BCUT2D eigenvalue weighted by molar-refractivity contribution is 6.37. The van der Waals surface area contributed by atoms with Crippen LogP contribution < -0.4 is 0 Å². The molecule has 2 rings (SSSR count). The fourth-order valence-corrected chi connectivity index (χ4v) is 1.31. The maximum absolute atomic E-state index is 10.6. The molecular formula is C9H7NO3. The molecule has 0 radical (unpaired) electrons. The van der Waals surface area contributed by atoms with Crippen LogP contribution in [-0.4, -0.2) is 21.9 Å². The number of carboxylic acid groups (broad SMARTS) is 1. The van der Waals surface area contributed by atoms with E-state index in [0.29, 0.717) is 12.1 Å². The molecule has 1 heterocycles. The smallest absolute Gasteiger partial charge is 0.350 e. The summed E-state index contributed by atoms with van der Waals surface area (Å²) in [7, 11) is 0. The van der Waals surface area contributed by atoms with Crippen LogP contribution in [0.3, 0.4) is 0 Å². The van der Waals surface area contributed by atoms with Gasteiger partial charge in [0.05, 0.1) is 5.69 Å². The van der Waals surface area contributed by atoms with Crippen LogP contribution in [0.25, 0.3) is 0 Å². The number of phenols is 1. The van der Waals surface area contributed by atoms with E-state index in [1.165, 1.54) is 12.1 Å². The number of carbonyl (C=O) groups is 1. The van der Waals surface area contributed by atoms with Gasteiger partial charge in [0.1, 0.15) is 11.5 Å². The third kappa shape index (κ3) is 1.26. The number of aliphatic imine (C=N–C) groups is 1. The predicted octanol–water partition coefficient (Wildman–Crippen LogP) is 1.11. The van der Waals surface area contributed by atoms with Crippen LogP contribution in [0, 0.1) is 0 Å². The number of hydrogen-bond acceptors (Lipinski definition) is 3. The minimum atomic E-state index is -1.00. The summed E-state index contributed by atoms with van der Waals surface area (Å²) >= 11 is 0. The van der Waals surface area contributed by atoms with Crippen molar-refractivity contribution in [3.63, 3.8) is 0 Å². The number of rotatable bonds is 1. The van der Waals surface area contributed by atoms with E-state index in [1.54, 1.807) is 6.07 Å². The molecule has 1 aliphatic heterocycles. The van der Waals surface area contributed by atoms with Crippen molar-refractivity contribution >= 4 is 17.4 Å². The average Bonchev–Trinajstić information content (AvgIpc) is 2.46. The second-order valence-electron chi connectivity index (χ2n) is 2.85. The van der Waals surface area contributed by atoms with Crippen LogP contribution in [-0.2, 0) is 11.2 Å². The third-order valence-electron chi connectivity index (χ3n) is 1.92. The van der Waals surface area contributed by atoms with E-state index in [4.69, 9.17) is 10.2 Å². The topological polar surface area (TPSA) is 69.9 Å². The Bertz CT molecular complexity index is 409. The van der Waals surface area contributed by atoms with Crippen molar-refractivity contribution in [1.82, 2.24) is 0 Å². The largest absolute Gasteiger partial charge is 0.508 e. The van der Waals surface area contributed by atoms with Crippen LogP contribution in [0.1, 0.15) is 5.56 Å². The molecule has 4 heteroatoms. The highest BCUT2D eigenvalue weighted by Gasteiger charge is 2.19. The molecule has 0 atom stereocenters. The molecule has 0 aromatic heterocycles. The molecule has 1 aromatic rings. The first-order chi connectivity index (χ1) is 6.16. The highest BCUT2D eigenvalue weighted by atomic mass is 16.4. The first-order valence-electron chi connectivity index (χ1n) is 3.79. The minimum Gasteiger partial charge on any atom is -0.508 e. The lowest BCUT2D eigenvalue weighted by Gasteiger charge is -1.95. The van der Waals surface area contributed by atoms with Gasteiger partial charge in [-0.2, -0.15) is 0 Å². The Morgan fingerprint density at radius 1 is 1.46 bits per heavy atom. The molecule has 0 saturated heterocycles. The van der Waals surface area contributed by atoms with Gasteiger partial charge in [0.25, 0.3) is 0 Å². The zero-order chi connectivity index (χ0) is 9.42. The van der Waals surface area contributed by atoms with Crippen molar-refractivity contribution in [2.45, 2.75) is 6.42 Å². The predicted molar refractivity (Wildman–Crippen MR) is 46.5 cm³/mol. The number of carboxylic acids is 1. The third-order valence-corrected chi connectivity index (χ3v) is 1.92. The summed E-state index contributed by atoms with van der Waals surface area (Å²) in [5, 5.41) is 17.8. The van der Waals surface area contributed by atoms with E-state index in [2.05, 4.69) is 4.99 Å². The Morgan fingerprint density at radius 2 is 2.23 bits per heavy atom. The zero-order valence-corrected chi connectivity index (χ0v) is 6.69. The first-order valence-corrected chi connectivity index (χ1v) is 3.79. The van der Waals surface area contributed by atoms with Crippen LogP contribution in [0.5, 0.6) is 5.75 Å². The number of benzene rings is 1. The maximum atomic E-state index is 10.6. The van der Waals surface area contributed by atoms with Gasteiger partial charge >= 0.3 is 5.97 Å². The van der Waals surface area contributed by atoms with Gasteiger partial charge in [0, 0.05) is 6.42 Å².